The fourth-order valence-corrected chi connectivity index (χ4v) is 3.10. The molecule has 0 unspecified atom stereocenters. The molecule has 0 radical (unpaired) electrons. The number of benzene rings is 2. The zero-order valence-corrected chi connectivity index (χ0v) is 14.2. The summed E-state index contributed by atoms with van der Waals surface area (Å²) < 4.78 is 0. The van der Waals surface area contributed by atoms with Crippen LogP contribution in [-0.2, 0) is 6.42 Å². The van der Waals surface area contributed by atoms with Gasteiger partial charge in [-0.1, -0.05) is 42.8 Å². The van der Waals surface area contributed by atoms with E-state index in [2.05, 4.69) is 12.2 Å². The number of amides is 1. The third-order valence-electron chi connectivity index (χ3n) is 3.27. The molecule has 2 aromatic rings. The fourth-order valence-electron chi connectivity index (χ4n) is 2.18. The Bertz CT molecular complexity index is 613. The van der Waals surface area contributed by atoms with E-state index in [-0.39, 0.29) is 5.91 Å². The zero-order valence-electron chi connectivity index (χ0n) is 12.6. The number of aryl methyl sites for hydroxylation is 1. The molecule has 2 rings (SSSR count). The summed E-state index contributed by atoms with van der Waals surface area (Å²) in [7, 11) is 0. The van der Waals surface area contributed by atoms with Gasteiger partial charge in [0.2, 0.25) is 0 Å². The van der Waals surface area contributed by atoms with Crippen molar-refractivity contribution in [3.63, 3.8) is 0 Å². The second kappa shape index (κ2) is 8.86. The smallest absolute Gasteiger partial charge is 0.252 e. The van der Waals surface area contributed by atoms with Gasteiger partial charge in [-0.15, -0.1) is 11.8 Å². The van der Waals surface area contributed by atoms with Gasteiger partial charge in [-0.2, -0.15) is 0 Å². The van der Waals surface area contributed by atoms with E-state index in [1.165, 1.54) is 5.56 Å². The van der Waals surface area contributed by atoms with Crippen LogP contribution in [0.2, 0.25) is 5.02 Å². The molecule has 1 amide bonds. The first-order chi connectivity index (χ1) is 10.7. The van der Waals surface area contributed by atoms with Crippen LogP contribution in [-0.4, -0.2) is 18.2 Å². The van der Waals surface area contributed by atoms with E-state index in [9.17, 15) is 4.79 Å². The van der Waals surface area contributed by atoms with Crippen LogP contribution < -0.4 is 5.32 Å². The van der Waals surface area contributed by atoms with Crippen molar-refractivity contribution < 1.29 is 4.79 Å². The van der Waals surface area contributed by atoms with Crippen molar-refractivity contribution in [2.24, 2.45) is 0 Å². The molecule has 0 aliphatic carbocycles. The summed E-state index contributed by atoms with van der Waals surface area (Å²) >= 11 is 7.56. The molecule has 0 aliphatic heterocycles. The fraction of sp³-hybridized carbons (Fsp3) is 0.278. The van der Waals surface area contributed by atoms with Gasteiger partial charge in [-0.05, 0) is 48.4 Å². The second-order valence-electron chi connectivity index (χ2n) is 4.92. The summed E-state index contributed by atoms with van der Waals surface area (Å²) in [5.74, 6) is 0.966. The number of hydrogen-bond donors (Lipinski definition) is 1. The summed E-state index contributed by atoms with van der Waals surface area (Å²) in [5.41, 5.74) is 2.00. The van der Waals surface area contributed by atoms with Gasteiger partial charge in [0, 0.05) is 16.5 Å². The highest BCUT2D eigenvalue weighted by Crippen LogP contribution is 2.22. The van der Waals surface area contributed by atoms with Gasteiger partial charge in [-0.25, -0.2) is 0 Å². The summed E-state index contributed by atoms with van der Waals surface area (Å²) in [6, 6.07) is 15.6. The maximum atomic E-state index is 12.3. The van der Waals surface area contributed by atoms with Gasteiger partial charge >= 0.3 is 0 Å². The number of rotatable bonds is 7. The number of carbonyl (C=O) groups excluding carboxylic acids is 1. The number of carbonyl (C=O) groups is 1. The van der Waals surface area contributed by atoms with Gasteiger partial charge in [-0.3, -0.25) is 4.79 Å². The molecule has 0 spiro atoms. The molecular weight excluding hydrogens is 314 g/mol. The van der Waals surface area contributed by atoms with E-state index in [1.807, 2.05) is 48.5 Å². The minimum Gasteiger partial charge on any atom is -0.352 e. The highest BCUT2D eigenvalue weighted by Gasteiger charge is 2.09. The van der Waals surface area contributed by atoms with Crippen LogP contribution in [0.5, 0.6) is 0 Å². The molecule has 0 bridgehead atoms. The molecule has 22 heavy (non-hydrogen) atoms. The highest BCUT2D eigenvalue weighted by molar-refractivity contribution is 7.99. The maximum absolute atomic E-state index is 12.3. The lowest BCUT2D eigenvalue weighted by Gasteiger charge is -2.09. The molecule has 0 aromatic heterocycles. The average molecular weight is 334 g/mol. The summed E-state index contributed by atoms with van der Waals surface area (Å²) in [5, 5.41) is 3.75. The summed E-state index contributed by atoms with van der Waals surface area (Å²) in [6.07, 6.45) is 1.85. The lowest BCUT2D eigenvalue weighted by Crippen LogP contribution is -2.25. The van der Waals surface area contributed by atoms with Crippen molar-refractivity contribution in [3.8, 4) is 0 Å². The number of hydrogen-bond acceptors (Lipinski definition) is 2. The Kier molecular flexibility index (Phi) is 6.81. The van der Waals surface area contributed by atoms with Crippen molar-refractivity contribution in [2.75, 3.05) is 12.3 Å². The van der Waals surface area contributed by atoms with Crippen molar-refractivity contribution in [1.29, 1.82) is 0 Å². The first-order valence-corrected chi connectivity index (χ1v) is 8.81. The maximum Gasteiger partial charge on any atom is 0.252 e. The SMILES string of the molecule is CCSc1ccccc1C(=O)NCCCc1ccc(Cl)cc1. The van der Waals surface area contributed by atoms with Crippen molar-refractivity contribution in [1.82, 2.24) is 5.32 Å². The molecule has 0 saturated carbocycles. The Hall–Kier alpha value is -1.45. The van der Waals surface area contributed by atoms with Gasteiger partial charge < -0.3 is 5.32 Å². The van der Waals surface area contributed by atoms with Crippen LogP contribution in [0.4, 0.5) is 0 Å². The van der Waals surface area contributed by atoms with Crippen molar-refractivity contribution >= 4 is 29.3 Å². The number of halogens is 1. The van der Waals surface area contributed by atoms with Crippen LogP contribution in [0.3, 0.4) is 0 Å². The predicted molar refractivity (Wildman–Crippen MR) is 94.9 cm³/mol. The third-order valence-corrected chi connectivity index (χ3v) is 4.48. The van der Waals surface area contributed by atoms with Crippen LogP contribution in [0, 0.1) is 0 Å². The molecule has 0 atom stereocenters. The first-order valence-electron chi connectivity index (χ1n) is 7.45. The predicted octanol–water partition coefficient (Wildman–Crippen LogP) is 4.81. The largest absolute Gasteiger partial charge is 0.352 e. The summed E-state index contributed by atoms with van der Waals surface area (Å²) in [6.45, 7) is 2.76. The van der Waals surface area contributed by atoms with Gasteiger partial charge in [0.15, 0.2) is 0 Å². The number of nitrogens with one attached hydrogen (secondary N) is 1. The number of thioether (sulfide) groups is 1. The normalized spacial score (nSPS) is 10.5. The van der Waals surface area contributed by atoms with E-state index in [0.29, 0.717) is 6.54 Å². The lowest BCUT2D eigenvalue weighted by molar-refractivity contribution is 0.0950. The lowest BCUT2D eigenvalue weighted by atomic mass is 10.1. The molecule has 4 heteroatoms. The van der Waals surface area contributed by atoms with Gasteiger partial charge in [0.05, 0.1) is 5.56 Å². The standard InChI is InChI=1S/C18H20ClNOS/c1-2-22-17-8-4-3-7-16(17)18(21)20-13-5-6-14-9-11-15(19)12-10-14/h3-4,7-12H,2,5-6,13H2,1H3,(H,20,21). The first kappa shape index (κ1) is 16.9. The molecule has 0 aliphatic rings. The minimum absolute atomic E-state index is 0.00709. The van der Waals surface area contributed by atoms with E-state index in [1.54, 1.807) is 11.8 Å². The molecule has 1 N–H and O–H groups in total. The third kappa shape index (κ3) is 5.08. The van der Waals surface area contributed by atoms with Crippen LogP contribution in [0.15, 0.2) is 53.4 Å². The Labute approximate surface area is 141 Å². The van der Waals surface area contributed by atoms with Crippen LogP contribution in [0.1, 0.15) is 29.3 Å². The molecule has 116 valence electrons. The second-order valence-corrected chi connectivity index (χ2v) is 6.66. The highest BCUT2D eigenvalue weighted by atomic mass is 35.5. The van der Waals surface area contributed by atoms with E-state index >= 15 is 0 Å². The van der Waals surface area contributed by atoms with E-state index in [4.69, 9.17) is 11.6 Å². The summed E-state index contributed by atoms with van der Waals surface area (Å²) in [4.78, 5) is 13.3. The minimum atomic E-state index is 0.00709. The average Bonchev–Trinajstić information content (AvgIpc) is 2.54. The van der Waals surface area contributed by atoms with E-state index < -0.39 is 0 Å². The van der Waals surface area contributed by atoms with Crippen LogP contribution >= 0.6 is 23.4 Å². The molecule has 0 heterocycles. The molecular formula is C18H20ClNOS. The Morgan fingerprint density at radius 1 is 1.14 bits per heavy atom. The topological polar surface area (TPSA) is 29.1 Å². The van der Waals surface area contributed by atoms with Crippen LogP contribution in [0.25, 0.3) is 0 Å². The monoisotopic (exact) mass is 333 g/mol. The van der Waals surface area contributed by atoms with Gasteiger partial charge in [0.1, 0.15) is 0 Å². The van der Waals surface area contributed by atoms with Crippen molar-refractivity contribution in [2.45, 2.75) is 24.7 Å². The molecule has 0 fully saturated rings. The van der Waals surface area contributed by atoms with Gasteiger partial charge in [0.25, 0.3) is 5.91 Å². The molecule has 2 aromatic carbocycles. The van der Waals surface area contributed by atoms with Crippen molar-refractivity contribution in [3.05, 3.63) is 64.7 Å². The molecule has 2 nitrogen and oxygen atoms in total. The Balaban J connectivity index is 1.81. The Morgan fingerprint density at radius 2 is 1.86 bits per heavy atom. The quantitative estimate of drug-likeness (QED) is 0.581. The molecule has 0 saturated heterocycles. The van der Waals surface area contributed by atoms with E-state index in [0.717, 1.165) is 34.1 Å². The Morgan fingerprint density at radius 3 is 2.59 bits per heavy atom. The zero-order chi connectivity index (χ0) is 15.8.